The van der Waals surface area contributed by atoms with Gasteiger partial charge in [0.15, 0.2) is 0 Å². The Bertz CT molecular complexity index is 1560. The summed E-state index contributed by atoms with van der Waals surface area (Å²) in [5.41, 5.74) is 4.66. The lowest BCUT2D eigenvalue weighted by molar-refractivity contribution is 0.223. The van der Waals surface area contributed by atoms with Crippen molar-refractivity contribution in [3.63, 3.8) is 0 Å². The Morgan fingerprint density at radius 2 is 1.45 bits per heavy atom. The number of benzene rings is 1. The highest BCUT2D eigenvalue weighted by Gasteiger charge is 2.46. The molecule has 7 aliphatic rings. The summed E-state index contributed by atoms with van der Waals surface area (Å²) < 4.78 is 0. The molecule has 5 heteroatoms. The third-order valence-electron chi connectivity index (χ3n) is 11.6. The fraction of sp³-hybridized carbons (Fsp3) is 0.514. The fourth-order valence-corrected chi connectivity index (χ4v) is 9.54. The van der Waals surface area contributed by atoms with Gasteiger partial charge in [0, 0.05) is 45.6 Å². The van der Waals surface area contributed by atoms with Crippen molar-refractivity contribution in [3.8, 4) is 0 Å². The van der Waals surface area contributed by atoms with Gasteiger partial charge in [-0.2, -0.15) is 0 Å². The predicted molar refractivity (Wildman–Crippen MR) is 173 cm³/mol. The van der Waals surface area contributed by atoms with Crippen LogP contribution in [0.5, 0.6) is 0 Å². The van der Waals surface area contributed by atoms with E-state index in [1.54, 1.807) is 0 Å². The third kappa shape index (κ3) is 4.26. The van der Waals surface area contributed by atoms with Crippen LogP contribution in [0.4, 0.5) is 0 Å². The SMILES string of the molecule is C=C1C2=c3ccccc3=C1NC1CC(N=C3N=C(NC(=C)C4CCCCC4C(C)N2)C2C=CC=CC32)C2CCCCC12. The Hall–Kier alpha value is -3.34. The van der Waals surface area contributed by atoms with E-state index >= 15 is 0 Å². The van der Waals surface area contributed by atoms with Gasteiger partial charge in [-0.1, -0.05) is 87.4 Å². The molecule has 5 nitrogen and oxygen atoms in total. The van der Waals surface area contributed by atoms with Crippen molar-refractivity contribution in [2.45, 2.75) is 82.8 Å². The summed E-state index contributed by atoms with van der Waals surface area (Å²) in [4.78, 5) is 10.8. The van der Waals surface area contributed by atoms with E-state index in [9.17, 15) is 0 Å². The van der Waals surface area contributed by atoms with Crippen LogP contribution >= 0.6 is 0 Å². The molecule has 0 spiro atoms. The fourth-order valence-electron chi connectivity index (χ4n) is 9.54. The lowest BCUT2D eigenvalue weighted by atomic mass is 9.74. The number of nitrogens with one attached hydrogen (secondary N) is 3. The lowest BCUT2D eigenvalue weighted by Crippen LogP contribution is -2.43. The van der Waals surface area contributed by atoms with E-state index in [0.29, 0.717) is 41.8 Å². The van der Waals surface area contributed by atoms with Crippen molar-refractivity contribution in [2.24, 2.45) is 45.5 Å². The van der Waals surface area contributed by atoms with E-state index in [2.05, 4.69) is 78.0 Å². The molecular weight excluding hydrogens is 514 g/mol. The van der Waals surface area contributed by atoms with Crippen LogP contribution in [0.15, 0.2) is 83.0 Å². The van der Waals surface area contributed by atoms with Crippen LogP contribution < -0.4 is 26.4 Å². The van der Waals surface area contributed by atoms with Gasteiger partial charge >= 0.3 is 0 Å². The van der Waals surface area contributed by atoms with E-state index in [0.717, 1.165) is 29.4 Å². The van der Waals surface area contributed by atoms with E-state index in [1.165, 1.54) is 73.2 Å². The minimum atomic E-state index is 0.217. The van der Waals surface area contributed by atoms with Crippen molar-refractivity contribution in [2.75, 3.05) is 0 Å². The minimum Gasteiger partial charge on any atom is -0.381 e. The molecule has 42 heavy (non-hydrogen) atoms. The van der Waals surface area contributed by atoms with Crippen LogP contribution in [0.1, 0.15) is 64.7 Å². The van der Waals surface area contributed by atoms with Crippen molar-refractivity contribution >= 4 is 23.1 Å². The summed E-state index contributed by atoms with van der Waals surface area (Å²) in [7, 11) is 0. The molecule has 1 aromatic carbocycles. The molecular formula is C37H45N5. The maximum absolute atomic E-state index is 5.54. The smallest absolute Gasteiger partial charge is 0.133 e. The molecule has 3 N–H and O–H groups in total. The number of hydrogen-bond donors (Lipinski definition) is 3. The molecule has 218 valence electrons. The lowest BCUT2D eigenvalue weighted by Gasteiger charge is -2.38. The van der Waals surface area contributed by atoms with Gasteiger partial charge in [0.2, 0.25) is 0 Å². The van der Waals surface area contributed by atoms with Crippen LogP contribution in [0, 0.1) is 35.5 Å². The quantitative estimate of drug-likeness (QED) is 0.416. The van der Waals surface area contributed by atoms with Gasteiger partial charge in [-0.15, -0.1) is 0 Å². The van der Waals surface area contributed by atoms with Crippen LogP contribution in [0.3, 0.4) is 0 Å². The summed E-state index contributed by atoms with van der Waals surface area (Å²) >= 11 is 0. The van der Waals surface area contributed by atoms with Gasteiger partial charge in [-0.25, -0.2) is 4.99 Å². The molecule has 6 bridgehead atoms. The molecule has 9 unspecified atom stereocenters. The monoisotopic (exact) mass is 559 g/mol. The average Bonchev–Trinajstić information content (AvgIpc) is 3.63. The molecule has 0 radical (unpaired) electrons. The maximum atomic E-state index is 5.54. The zero-order chi connectivity index (χ0) is 28.4. The van der Waals surface area contributed by atoms with Gasteiger partial charge in [-0.05, 0) is 56.8 Å². The molecule has 0 saturated heterocycles. The van der Waals surface area contributed by atoms with Crippen molar-refractivity contribution in [1.29, 1.82) is 0 Å². The molecule has 9 atom stereocenters. The molecule has 8 rings (SSSR count). The second kappa shape index (κ2) is 10.4. The third-order valence-corrected chi connectivity index (χ3v) is 11.6. The van der Waals surface area contributed by atoms with Crippen LogP contribution in [0.2, 0.25) is 0 Å². The molecule has 0 aromatic heterocycles. The Morgan fingerprint density at radius 1 is 0.786 bits per heavy atom. The number of aliphatic imine (C=N–C) groups is 2. The number of fused-ring (bicyclic) bond motifs is 13. The van der Waals surface area contributed by atoms with Gasteiger partial charge in [0.05, 0.1) is 23.4 Å². The van der Waals surface area contributed by atoms with E-state index in [-0.39, 0.29) is 11.8 Å². The first kappa shape index (κ1) is 26.3. The van der Waals surface area contributed by atoms with Crippen molar-refractivity contribution < 1.29 is 0 Å². The number of rotatable bonds is 0. The Labute approximate surface area is 250 Å². The first-order valence-corrected chi connectivity index (χ1v) is 16.6. The Kier molecular flexibility index (Phi) is 6.53. The molecule has 2 heterocycles. The highest BCUT2D eigenvalue weighted by molar-refractivity contribution is 6.09. The number of amidine groups is 2. The largest absolute Gasteiger partial charge is 0.381 e. The summed E-state index contributed by atoms with van der Waals surface area (Å²) in [5, 5.41) is 14.5. The molecule has 5 aliphatic carbocycles. The summed E-state index contributed by atoms with van der Waals surface area (Å²) in [5.74, 6) is 4.63. The number of nitrogens with zero attached hydrogens (tertiary/aromatic N) is 2. The predicted octanol–water partition coefficient (Wildman–Crippen LogP) is 5.08. The minimum absolute atomic E-state index is 0.217. The highest BCUT2D eigenvalue weighted by atomic mass is 15.1. The summed E-state index contributed by atoms with van der Waals surface area (Å²) in [6.45, 7) is 11.7. The topological polar surface area (TPSA) is 60.8 Å². The molecule has 1 aromatic rings. The Morgan fingerprint density at radius 3 is 2.24 bits per heavy atom. The van der Waals surface area contributed by atoms with Gasteiger partial charge in [0.25, 0.3) is 0 Å². The molecule has 3 fully saturated rings. The van der Waals surface area contributed by atoms with E-state index in [1.807, 2.05) is 0 Å². The zero-order valence-corrected chi connectivity index (χ0v) is 25.0. The Balaban J connectivity index is 1.25. The first-order chi connectivity index (χ1) is 20.6. The number of hydrogen-bond acceptors (Lipinski definition) is 5. The molecule has 3 saturated carbocycles. The standard InChI is InChI=1S/C37H45N5/c1-21-34-28-16-8-9-17-29(28)35(21)40-32-20-33(27-15-7-6-14-26(27)32)41-37-31-19-11-10-18-30(31)36(42-37)39-23(3)25-13-5-4-12-24(25)22(2)38-34/h8-11,16-19,22,24-27,30-33,38,40H,1,3-7,12-15,20H2,2H3,(H,39,41,42). The van der Waals surface area contributed by atoms with Crippen LogP contribution in [0.25, 0.3) is 11.4 Å². The van der Waals surface area contributed by atoms with Gasteiger partial charge in [0.1, 0.15) is 11.7 Å². The van der Waals surface area contributed by atoms with Gasteiger partial charge in [-0.3, -0.25) is 4.99 Å². The van der Waals surface area contributed by atoms with E-state index in [4.69, 9.17) is 16.6 Å². The highest BCUT2D eigenvalue weighted by Crippen LogP contribution is 2.46. The summed E-state index contributed by atoms with van der Waals surface area (Å²) in [6, 6.07) is 9.89. The second-order valence-electron chi connectivity index (χ2n) is 13.9. The average molecular weight is 560 g/mol. The van der Waals surface area contributed by atoms with Crippen molar-refractivity contribution in [1.82, 2.24) is 16.0 Å². The van der Waals surface area contributed by atoms with Gasteiger partial charge < -0.3 is 16.0 Å². The second-order valence-corrected chi connectivity index (χ2v) is 13.9. The normalized spacial score (nSPS) is 38.6. The first-order valence-electron chi connectivity index (χ1n) is 16.6. The maximum Gasteiger partial charge on any atom is 0.133 e. The zero-order valence-electron chi connectivity index (χ0n) is 25.0. The summed E-state index contributed by atoms with van der Waals surface area (Å²) in [6.07, 6.45) is 20.1. The number of allylic oxidation sites excluding steroid dienone is 3. The van der Waals surface area contributed by atoms with Crippen LogP contribution in [-0.4, -0.2) is 29.8 Å². The molecule has 0 amide bonds. The van der Waals surface area contributed by atoms with Crippen molar-refractivity contribution in [3.05, 3.63) is 83.4 Å². The van der Waals surface area contributed by atoms with E-state index < -0.39 is 0 Å². The molecule has 2 aliphatic heterocycles. The van der Waals surface area contributed by atoms with Crippen LogP contribution in [-0.2, 0) is 0 Å².